The van der Waals surface area contributed by atoms with Gasteiger partial charge < -0.3 is 13.9 Å². The molecule has 3 rings (SSSR count). The van der Waals surface area contributed by atoms with Gasteiger partial charge in [-0.1, -0.05) is 0 Å². The van der Waals surface area contributed by atoms with Crippen molar-refractivity contribution in [1.29, 1.82) is 0 Å². The van der Waals surface area contributed by atoms with Gasteiger partial charge >= 0.3 is 5.97 Å². The number of aldehydes is 1. The van der Waals surface area contributed by atoms with Crippen LogP contribution in [-0.2, 0) is 4.79 Å². The molecule has 0 N–H and O–H groups in total. The summed E-state index contributed by atoms with van der Waals surface area (Å²) in [6.07, 6.45) is 0.780. The fourth-order valence-electron chi connectivity index (χ4n) is 2.64. The van der Waals surface area contributed by atoms with Gasteiger partial charge in [0.25, 0.3) is 0 Å². The number of carbonyl (C=O) groups is 2. The number of rotatable bonds is 4. The third-order valence-electron chi connectivity index (χ3n) is 3.76. The topological polar surface area (TPSA) is 65.7 Å². The Morgan fingerprint density at radius 3 is 2.46 bits per heavy atom. The summed E-state index contributed by atoms with van der Waals surface area (Å²) in [6, 6.07) is 10.5. The van der Waals surface area contributed by atoms with Gasteiger partial charge in [-0.3, -0.25) is 9.59 Å². The van der Waals surface area contributed by atoms with Crippen LogP contribution in [0, 0.1) is 6.92 Å². The quantitative estimate of drug-likeness (QED) is 0.410. The number of aryl methyl sites for hydroxylation is 1. The van der Waals surface area contributed by atoms with Crippen molar-refractivity contribution in [2.75, 3.05) is 7.11 Å². The molecule has 5 nitrogen and oxygen atoms in total. The van der Waals surface area contributed by atoms with E-state index in [2.05, 4.69) is 0 Å². The van der Waals surface area contributed by atoms with Crippen LogP contribution >= 0.6 is 0 Å². The summed E-state index contributed by atoms with van der Waals surface area (Å²) < 4.78 is 16.3. The van der Waals surface area contributed by atoms with Crippen molar-refractivity contribution in [2.24, 2.45) is 0 Å². The SMILES string of the molecule is COc1cc(C=O)cc2c(C)c(-c3ccc(OC(C)=O)cc3)oc12. The lowest BCUT2D eigenvalue weighted by Crippen LogP contribution is -2.00. The van der Waals surface area contributed by atoms with Gasteiger partial charge in [-0.15, -0.1) is 0 Å². The molecule has 1 aromatic heterocycles. The van der Waals surface area contributed by atoms with Gasteiger partial charge in [0.2, 0.25) is 0 Å². The van der Waals surface area contributed by atoms with Crippen LogP contribution < -0.4 is 9.47 Å². The van der Waals surface area contributed by atoms with Crippen LogP contribution in [0.4, 0.5) is 0 Å². The molecule has 0 unspecified atom stereocenters. The highest BCUT2D eigenvalue weighted by atomic mass is 16.5. The molecule has 3 aromatic rings. The van der Waals surface area contributed by atoms with Crippen LogP contribution in [0.1, 0.15) is 22.8 Å². The number of hydrogen-bond donors (Lipinski definition) is 0. The third kappa shape index (κ3) is 2.76. The minimum absolute atomic E-state index is 0.367. The summed E-state index contributed by atoms with van der Waals surface area (Å²) in [5, 5.41) is 0.829. The first-order valence-corrected chi connectivity index (χ1v) is 7.38. The molecular formula is C19H16O5. The summed E-state index contributed by atoms with van der Waals surface area (Å²) >= 11 is 0. The summed E-state index contributed by atoms with van der Waals surface area (Å²) in [7, 11) is 1.54. The van der Waals surface area contributed by atoms with E-state index in [0.717, 1.165) is 22.8 Å². The molecule has 0 saturated carbocycles. The van der Waals surface area contributed by atoms with Crippen LogP contribution in [-0.4, -0.2) is 19.4 Å². The van der Waals surface area contributed by atoms with Gasteiger partial charge in [0.1, 0.15) is 17.8 Å². The van der Waals surface area contributed by atoms with E-state index in [4.69, 9.17) is 13.9 Å². The molecule has 0 aliphatic heterocycles. The van der Waals surface area contributed by atoms with Crippen molar-refractivity contribution in [2.45, 2.75) is 13.8 Å². The third-order valence-corrected chi connectivity index (χ3v) is 3.76. The van der Waals surface area contributed by atoms with Gasteiger partial charge in [-0.25, -0.2) is 0 Å². The van der Waals surface area contributed by atoms with E-state index >= 15 is 0 Å². The average Bonchev–Trinajstić information content (AvgIpc) is 2.91. The molecule has 0 aliphatic rings. The number of fused-ring (bicyclic) bond motifs is 1. The van der Waals surface area contributed by atoms with Crippen LogP contribution in [0.5, 0.6) is 11.5 Å². The minimum atomic E-state index is -0.367. The normalized spacial score (nSPS) is 10.6. The smallest absolute Gasteiger partial charge is 0.308 e. The Hall–Kier alpha value is -3.08. The molecule has 0 amide bonds. The molecule has 0 aliphatic carbocycles. The molecule has 122 valence electrons. The van der Waals surface area contributed by atoms with Gasteiger partial charge in [0.15, 0.2) is 11.3 Å². The van der Waals surface area contributed by atoms with E-state index in [1.807, 2.05) is 19.1 Å². The van der Waals surface area contributed by atoms with Gasteiger partial charge in [-0.2, -0.15) is 0 Å². The van der Waals surface area contributed by atoms with Crippen molar-refractivity contribution >= 4 is 23.2 Å². The highest BCUT2D eigenvalue weighted by molar-refractivity contribution is 5.95. The maximum absolute atomic E-state index is 11.1. The molecule has 0 radical (unpaired) electrons. The Labute approximate surface area is 138 Å². The standard InChI is InChI=1S/C19H16O5/c1-11-16-8-13(10-20)9-17(22-3)19(16)24-18(11)14-4-6-15(7-5-14)23-12(2)21/h4-10H,1-3H3. The first-order valence-electron chi connectivity index (χ1n) is 7.38. The Balaban J connectivity index is 2.11. The number of furan rings is 1. The molecule has 1 heterocycles. The Morgan fingerprint density at radius 2 is 1.88 bits per heavy atom. The van der Waals surface area contributed by atoms with Crippen molar-refractivity contribution in [1.82, 2.24) is 0 Å². The zero-order valence-electron chi connectivity index (χ0n) is 13.6. The van der Waals surface area contributed by atoms with E-state index in [9.17, 15) is 9.59 Å². The maximum atomic E-state index is 11.1. The lowest BCUT2D eigenvalue weighted by molar-refractivity contribution is -0.131. The number of ether oxygens (including phenoxy) is 2. The van der Waals surface area contributed by atoms with Crippen LogP contribution in [0.3, 0.4) is 0 Å². The fourth-order valence-corrected chi connectivity index (χ4v) is 2.64. The van der Waals surface area contributed by atoms with E-state index in [1.54, 1.807) is 24.3 Å². The van der Waals surface area contributed by atoms with E-state index in [0.29, 0.717) is 28.4 Å². The van der Waals surface area contributed by atoms with E-state index < -0.39 is 0 Å². The molecule has 0 spiro atoms. The second-order valence-corrected chi connectivity index (χ2v) is 5.39. The van der Waals surface area contributed by atoms with Crippen molar-refractivity contribution in [3.8, 4) is 22.8 Å². The maximum Gasteiger partial charge on any atom is 0.308 e. The zero-order chi connectivity index (χ0) is 17.3. The van der Waals surface area contributed by atoms with E-state index in [1.165, 1.54) is 14.0 Å². The summed E-state index contributed by atoms with van der Waals surface area (Å²) in [6.45, 7) is 3.28. The number of esters is 1. The van der Waals surface area contributed by atoms with Crippen LogP contribution in [0.2, 0.25) is 0 Å². The summed E-state index contributed by atoms with van der Waals surface area (Å²) in [5.74, 6) is 1.30. The second-order valence-electron chi connectivity index (χ2n) is 5.39. The first kappa shape index (κ1) is 15.8. The highest BCUT2D eigenvalue weighted by Crippen LogP contribution is 2.38. The Morgan fingerprint density at radius 1 is 1.17 bits per heavy atom. The number of hydrogen-bond acceptors (Lipinski definition) is 5. The minimum Gasteiger partial charge on any atom is -0.493 e. The van der Waals surface area contributed by atoms with Crippen molar-refractivity contribution < 1.29 is 23.5 Å². The molecule has 24 heavy (non-hydrogen) atoms. The largest absolute Gasteiger partial charge is 0.493 e. The molecule has 0 saturated heterocycles. The number of benzene rings is 2. The number of methoxy groups -OCH3 is 1. The summed E-state index contributed by atoms with van der Waals surface area (Å²) in [5.41, 5.74) is 2.88. The van der Waals surface area contributed by atoms with Gasteiger partial charge in [0.05, 0.1) is 7.11 Å². The van der Waals surface area contributed by atoms with Crippen molar-refractivity contribution in [3.63, 3.8) is 0 Å². The second kappa shape index (κ2) is 6.20. The van der Waals surface area contributed by atoms with Crippen LogP contribution in [0.15, 0.2) is 40.8 Å². The highest BCUT2D eigenvalue weighted by Gasteiger charge is 2.17. The van der Waals surface area contributed by atoms with Crippen molar-refractivity contribution in [3.05, 3.63) is 47.5 Å². The fraction of sp³-hybridized carbons (Fsp3) is 0.158. The zero-order valence-corrected chi connectivity index (χ0v) is 13.6. The molecule has 2 aromatic carbocycles. The average molecular weight is 324 g/mol. The molecule has 5 heteroatoms. The van der Waals surface area contributed by atoms with E-state index in [-0.39, 0.29) is 5.97 Å². The molecule has 0 atom stereocenters. The Kier molecular flexibility index (Phi) is 4.08. The molecule has 0 fully saturated rings. The predicted molar refractivity (Wildman–Crippen MR) is 89.6 cm³/mol. The summed E-state index contributed by atoms with van der Waals surface area (Å²) in [4.78, 5) is 22.1. The molecular weight excluding hydrogens is 308 g/mol. The monoisotopic (exact) mass is 324 g/mol. The predicted octanol–water partition coefficient (Wildman–Crippen LogP) is 4.15. The lowest BCUT2D eigenvalue weighted by atomic mass is 10.0. The lowest BCUT2D eigenvalue weighted by Gasteiger charge is -2.03. The number of carbonyl (C=O) groups excluding carboxylic acids is 2. The first-order chi connectivity index (χ1) is 11.5. The van der Waals surface area contributed by atoms with Gasteiger partial charge in [0, 0.05) is 29.0 Å². The molecule has 0 bridgehead atoms. The van der Waals surface area contributed by atoms with Gasteiger partial charge in [-0.05, 0) is 43.3 Å². The Bertz CT molecular complexity index is 919. The van der Waals surface area contributed by atoms with Crippen LogP contribution in [0.25, 0.3) is 22.3 Å².